The SMILES string of the molecule is COC(=O)c1cccc(NC(=O)c2coc3ccc([N+](=O)[O-])cc23)c1. The van der Waals surface area contributed by atoms with Gasteiger partial charge in [-0.1, -0.05) is 6.07 Å². The van der Waals surface area contributed by atoms with Crippen LogP contribution in [0.3, 0.4) is 0 Å². The molecule has 0 fully saturated rings. The second kappa shape index (κ2) is 6.44. The highest BCUT2D eigenvalue weighted by Gasteiger charge is 2.17. The van der Waals surface area contributed by atoms with E-state index >= 15 is 0 Å². The molecule has 3 aromatic rings. The Hall–Kier alpha value is -3.68. The van der Waals surface area contributed by atoms with Gasteiger partial charge in [0.1, 0.15) is 11.8 Å². The third-order valence-corrected chi connectivity index (χ3v) is 3.55. The summed E-state index contributed by atoms with van der Waals surface area (Å²) < 4.78 is 9.90. The van der Waals surface area contributed by atoms with E-state index in [1.54, 1.807) is 18.2 Å². The number of nitro groups is 1. The molecule has 0 saturated heterocycles. The van der Waals surface area contributed by atoms with Crippen LogP contribution in [0.25, 0.3) is 11.0 Å². The van der Waals surface area contributed by atoms with Crippen molar-refractivity contribution in [2.75, 3.05) is 12.4 Å². The zero-order valence-corrected chi connectivity index (χ0v) is 13.0. The van der Waals surface area contributed by atoms with Crippen LogP contribution in [-0.4, -0.2) is 23.9 Å². The largest absolute Gasteiger partial charge is 0.465 e. The van der Waals surface area contributed by atoms with E-state index in [2.05, 4.69) is 10.1 Å². The molecule has 0 bridgehead atoms. The van der Waals surface area contributed by atoms with Gasteiger partial charge in [0.2, 0.25) is 0 Å². The summed E-state index contributed by atoms with van der Waals surface area (Å²) in [5.41, 5.74) is 1.04. The van der Waals surface area contributed by atoms with Gasteiger partial charge < -0.3 is 14.5 Å². The van der Waals surface area contributed by atoms with Crippen LogP contribution in [0.5, 0.6) is 0 Å². The molecule has 0 saturated carbocycles. The number of non-ortho nitro benzene ring substituents is 1. The van der Waals surface area contributed by atoms with Crippen LogP contribution < -0.4 is 5.32 Å². The Balaban J connectivity index is 1.91. The Bertz CT molecular complexity index is 992. The van der Waals surface area contributed by atoms with Gasteiger partial charge in [0.25, 0.3) is 11.6 Å². The molecule has 8 nitrogen and oxygen atoms in total. The molecule has 8 heteroatoms. The maximum absolute atomic E-state index is 12.5. The van der Waals surface area contributed by atoms with Crippen molar-refractivity contribution in [2.45, 2.75) is 0 Å². The number of carbonyl (C=O) groups is 2. The van der Waals surface area contributed by atoms with Crippen molar-refractivity contribution in [1.82, 2.24) is 0 Å². The van der Waals surface area contributed by atoms with Crippen molar-refractivity contribution in [3.05, 3.63) is 70.0 Å². The van der Waals surface area contributed by atoms with Crippen molar-refractivity contribution in [3.63, 3.8) is 0 Å². The normalized spacial score (nSPS) is 10.4. The number of amides is 1. The lowest BCUT2D eigenvalue weighted by Crippen LogP contribution is -2.12. The van der Waals surface area contributed by atoms with E-state index < -0.39 is 16.8 Å². The molecular formula is C17H12N2O6. The molecule has 1 heterocycles. The molecule has 0 aliphatic rings. The molecule has 1 amide bonds. The number of benzene rings is 2. The number of nitrogens with zero attached hydrogens (tertiary/aromatic N) is 1. The summed E-state index contributed by atoms with van der Waals surface area (Å²) in [5.74, 6) is -1.04. The predicted octanol–water partition coefficient (Wildman–Crippen LogP) is 3.38. The molecule has 2 aromatic carbocycles. The van der Waals surface area contributed by atoms with Gasteiger partial charge in [0.15, 0.2) is 0 Å². The van der Waals surface area contributed by atoms with E-state index in [-0.39, 0.29) is 16.8 Å². The van der Waals surface area contributed by atoms with Gasteiger partial charge in [-0.15, -0.1) is 0 Å². The van der Waals surface area contributed by atoms with E-state index in [0.717, 1.165) is 0 Å². The first kappa shape index (κ1) is 16.2. The molecular weight excluding hydrogens is 328 g/mol. The van der Waals surface area contributed by atoms with E-state index in [4.69, 9.17) is 4.42 Å². The topological polar surface area (TPSA) is 112 Å². The summed E-state index contributed by atoms with van der Waals surface area (Å²) >= 11 is 0. The fraction of sp³-hybridized carbons (Fsp3) is 0.0588. The lowest BCUT2D eigenvalue weighted by molar-refractivity contribution is -0.384. The Labute approximate surface area is 141 Å². The molecule has 25 heavy (non-hydrogen) atoms. The van der Waals surface area contributed by atoms with Gasteiger partial charge in [-0.3, -0.25) is 14.9 Å². The van der Waals surface area contributed by atoms with Crippen LogP contribution >= 0.6 is 0 Å². The van der Waals surface area contributed by atoms with Crippen LogP contribution in [0.4, 0.5) is 11.4 Å². The second-order valence-electron chi connectivity index (χ2n) is 5.11. The number of hydrogen-bond acceptors (Lipinski definition) is 6. The summed E-state index contributed by atoms with van der Waals surface area (Å²) in [4.78, 5) is 34.4. The summed E-state index contributed by atoms with van der Waals surface area (Å²) in [5, 5.41) is 13.9. The number of nitro benzene ring substituents is 1. The van der Waals surface area contributed by atoms with Gasteiger partial charge in [0, 0.05) is 23.2 Å². The summed E-state index contributed by atoms with van der Waals surface area (Å²) in [7, 11) is 1.26. The number of anilines is 1. The van der Waals surface area contributed by atoms with Gasteiger partial charge in [0.05, 0.1) is 23.2 Å². The van der Waals surface area contributed by atoms with E-state index in [1.807, 2.05) is 0 Å². The number of methoxy groups -OCH3 is 1. The maximum atomic E-state index is 12.5. The first-order chi connectivity index (χ1) is 12.0. The number of fused-ring (bicyclic) bond motifs is 1. The van der Waals surface area contributed by atoms with Crippen molar-refractivity contribution in [2.24, 2.45) is 0 Å². The van der Waals surface area contributed by atoms with Crippen LogP contribution in [0.2, 0.25) is 0 Å². The Morgan fingerprint density at radius 1 is 1.20 bits per heavy atom. The Morgan fingerprint density at radius 3 is 2.72 bits per heavy atom. The highest BCUT2D eigenvalue weighted by atomic mass is 16.6. The minimum atomic E-state index is -0.548. The molecule has 0 radical (unpaired) electrons. The molecule has 0 spiro atoms. The van der Waals surface area contributed by atoms with Crippen LogP contribution in [0.1, 0.15) is 20.7 Å². The number of furan rings is 1. The smallest absolute Gasteiger partial charge is 0.337 e. The first-order valence-electron chi connectivity index (χ1n) is 7.15. The average molecular weight is 340 g/mol. The summed E-state index contributed by atoms with van der Waals surface area (Å²) in [6.07, 6.45) is 1.23. The van der Waals surface area contributed by atoms with Crippen molar-refractivity contribution in [1.29, 1.82) is 0 Å². The zero-order valence-electron chi connectivity index (χ0n) is 13.0. The molecule has 126 valence electrons. The highest BCUT2D eigenvalue weighted by molar-refractivity contribution is 6.12. The Morgan fingerprint density at radius 2 is 2.00 bits per heavy atom. The minimum Gasteiger partial charge on any atom is -0.465 e. The maximum Gasteiger partial charge on any atom is 0.337 e. The van der Waals surface area contributed by atoms with Crippen molar-refractivity contribution < 1.29 is 23.7 Å². The van der Waals surface area contributed by atoms with Crippen molar-refractivity contribution in [3.8, 4) is 0 Å². The third kappa shape index (κ3) is 3.18. The average Bonchev–Trinajstić information content (AvgIpc) is 3.04. The zero-order chi connectivity index (χ0) is 18.0. The standard InChI is InChI=1S/C17H12N2O6/c1-24-17(21)10-3-2-4-11(7-10)18-16(20)14-9-25-15-6-5-12(19(22)23)8-13(14)15/h2-9H,1H3,(H,18,20). The number of rotatable bonds is 4. The highest BCUT2D eigenvalue weighted by Crippen LogP contribution is 2.26. The first-order valence-corrected chi connectivity index (χ1v) is 7.15. The molecule has 1 N–H and O–H groups in total. The van der Waals surface area contributed by atoms with Gasteiger partial charge in [-0.2, -0.15) is 0 Å². The molecule has 0 unspecified atom stereocenters. The quantitative estimate of drug-likeness (QED) is 0.443. The van der Waals surface area contributed by atoms with Gasteiger partial charge >= 0.3 is 5.97 Å². The number of carbonyl (C=O) groups excluding carboxylic acids is 2. The van der Waals surface area contributed by atoms with Gasteiger partial charge in [-0.05, 0) is 24.3 Å². The fourth-order valence-electron chi connectivity index (χ4n) is 2.35. The molecule has 0 atom stereocenters. The monoisotopic (exact) mass is 340 g/mol. The Kier molecular flexibility index (Phi) is 4.17. The molecule has 1 aromatic heterocycles. The molecule has 0 aliphatic carbocycles. The molecule has 3 rings (SSSR count). The summed E-state index contributed by atoms with van der Waals surface area (Å²) in [6, 6.07) is 10.2. The predicted molar refractivity (Wildman–Crippen MR) is 88.6 cm³/mol. The lowest BCUT2D eigenvalue weighted by atomic mass is 10.1. The molecule has 0 aliphatic heterocycles. The second-order valence-corrected chi connectivity index (χ2v) is 5.11. The van der Waals surface area contributed by atoms with Crippen molar-refractivity contribution >= 4 is 34.2 Å². The summed E-state index contributed by atoms with van der Waals surface area (Å²) in [6.45, 7) is 0. The minimum absolute atomic E-state index is 0.143. The number of nitrogens with one attached hydrogen (secondary N) is 1. The van der Waals surface area contributed by atoms with E-state index in [1.165, 1.54) is 37.6 Å². The lowest BCUT2D eigenvalue weighted by Gasteiger charge is -2.06. The number of ether oxygens (including phenoxy) is 1. The van der Waals surface area contributed by atoms with Crippen LogP contribution in [0.15, 0.2) is 53.1 Å². The third-order valence-electron chi connectivity index (χ3n) is 3.55. The van der Waals surface area contributed by atoms with E-state index in [9.17, 15) is 19.7 Å². The fourth-order valence-corrected chi connectivity index (χ4v) is 2.35. The van der Waals surface area contributed by atoms with Crippen LogP contribution in [0, 0.1) is 10.1 Å². The number of hydrogen-bond donors (Lipinski definition) is 1. The van der Waals surface area contributed by atoms with E-state index in [0.29, 0.717) is 16.7 Å². The van der Waals surface area contributed by atoms with Gasteiger partial charge in [-0.25, -0.2) is 4.79 Å². The van der Waals surface area contributed by atoms with Crippen LogP contribution in [-0.2, 0) is 4.74 Å². The number of esters is 1.